The number of rotatable bonds is 4. The molecular weight excluding hydrogens is 254 g/mol. The minimum atomic E-state index is 0.0429. The Morgan fingerprint density at radius 1 is 1.15 bits per heavy atom. The van der Waals surface area contributed by atoms with Gasteiger partial charge in [-0.3, -0.25) is 4.79 Å². The minimum Gasteiger partial charge on any atom is -0.490 e. The normalized spacial score (nSPS) is 19.9. The summed E-state index contributed by atoms with van der Waals surface area (Å²) in [5.74, 6) is 1.57. The van der Waals surface area contributed by atoms with Crippen molar-refractivity contribution >= 4 is 5.78 Å². The third kappa shape index (κ3) is 2.52. The van der Waals surface area contributed by atoms with E-state index in [0.717, 1.165) is 25.0 Å². The zero-order valence-electron chi connectivity index (χ0n) is 11.7. The maximum absolute atomic E-state index is 12.4. The van der Waals surface area contributed by atoms with Crippen LogP contribution in [0.5, 0.6) is 11.5 Å². The Balaban J connectivity index is 1.76. The maximum atomic E-state index is 12.4. The zero-order valence-corrected chi connectivity index (χ0v) is 11.7. The molecule has 0 radical (unpaired) electrons. The SMILES string of the molecule is NCC1(CC(=O)c2ccc3c(c2)OCCCO3)CCC1. The van der Waals surface area contributed by atoms with Crippen LogP contribution in [-0.2, 0) is 0 Å². The topological polar surface area (TPSA) is 61.6 Å². The first kappa shape index (κ1) is 13.4. The fraction of sp³-hybridized carbons (Fsp3) is 0.562. The Bertz CT molecular complexity index is 503. The second-order valence-electron chi connectivity index (χ2n) is 5.87. The van der Waals surface area contributed by atoms with Crippen molar-refractivity contribution in [3.63, 3.8) is 0 Å². The highest BCUT2D eigenvalue weighted by molar-refractivity contribution is 5.97. The molecule has 1 heterocycles. The van der Waals surface area contributed by atoms with E-state index < -0.39 is 0 Å². The first-order valence-corrected chi connectivity index (χ1v) is 7.35. The van der Waals surface area contributed by atoms with E-state index in [1.165, 1.54) is 6.42 Å². The molecule has 1 aromatic rings. The van der Waals surface area contributed by atoms with Gasteiger partial charge in [0.05, 0.1) is 13.2 Å². The third-order valence-corrected chi connectivity index (χ3v) is 4.45. The lowest BCUT2D eigenvalue weighted by molar-refractivity contribution is 0.0785. The van der Waals surface area contributed by atoms with E-state index >= 15 is 0 Å². The summed E-state index contributed by atoms with van der Waals surface area (Å²) in [4.78, 5) is 12.4. The van der Waals surface area contributed by atoms with Gasteiger partial charge in [0, 0.05) is 18.4 Å². The van der Waals surface area contributed by atoms with Gasteiger partial charge in [0.2, 0.25) is 0 Å². The highest BCUT2D eigenvalue weighted by atomic mass is 16.5. The predicted molar refractivity (Wildman–Crippen MR) is 76.3 cm³/mol. The lowest BCUT2D eigenvalue weighted by atomic mass is 9.65. The molecule has 20 heavy (non-hydrogen) atoms. The quantitative estimate of drug-likeness (QED) is 0.858. The average molecular weight is 275 g/mol. The lowest BCUT2D eigenvalue weighted by Crippen LogP contribution is -2.39. The largest absolute Gasteiger partial charge is 0.490 e. The number of ketones is 1. The molecule has 108 valence electrons. The molecule has 1 fully saturated rings. The van der Waals surface area contributed by atoms with Crippen molar-refractivity contribution in [2.75, 3.05) is 19.8 Å². The van der Waals surface area contributed by atoms with E-state index in [-0.39, 0.29) is 11.2 Å². The van der Waals surface area contributed by atoms with Gasteiger partial charge in [0.25, 0.3) is 0 Å². The molecule has 0 amide bonds. The number of nitrogens with two attached hydrogens (primary N) is 1. The average Bonchev–Trinajstić information content (AvgIpc) is 2.67. The van der Waals surface area contributed by atoms with Crippen LogP contribution in [0.25, 0.3) is 0 Å². The second-order valence-corrected chi connectivity index (χ2v) is 5.87. The summed E-state index contributed by atoms with van der Waals surface area (Å²) in [5, 5.41) is 0. The number of benzene rings is 1. The van der Waals surface area contributed by atoms with Gasteiger partial charge in [-0.2, -0.15) is 0 Å². The minimum absolute atomic E-state index is 0.0429. The number of ether oxygens (including phenoxy) is 2. The van der Waals surface area contributed by atoms with E-state index in [4.69, 9.17) is 15.2 Å². The molecule has 4 nitrogen and oxygen atoms in total. The Hall–Kier alpha value is -1.55. The number of hydrogen-bond acceptors (Lipinski definition) is 4. The van der Waals surface area contributed by atoms with Crippen LogP contribution in [-0.4, -0.2) is 25.5 Å². The summed E-state index contributed by atoms with van der Waals surface area (Å²) < 4.78 is 11.2. The van der Waals surface area contributed by atoms with Gasteiger partial charge in [-0.25, -0.2) is 0 Å². The third-order valence-electron chi connectivity index (χ3n) is 4.45. The van der Waals surface area contributed by atoms with Crippen LogP contribution in [0.15, 0.2) is 18.2 Å². The van der Waals surface area contributed by atoms with Crippen molar-refractivity contribution in [1.29, 1.82) is 0 Å². The molecule has 1 saturated carbocycles. The van der Waals surface area contributed by atoms with E-state index in [1.807, 2.05) is 18.2 Å². The van der Waals surface area contributed by atoms with Crippen molar-refractivity contribution in [2.24, 2.45) is 11.1 Å². The molecule has 1 aromatic carbocycles. The maximum Gasteiger partial charge on any atom is 0.163 e. The van der Waals surface area contributed by atoms with Crippen LogP contribution >= 0.6 is 0 Å². The van der Waals surface area contributed by atoms with Crippen LogP contribution in [0.1, 0.15) is 42.5 Å². The molecule has 0 bridgehead atoms. The van der Waals surface area contributed by atoms with Gasteiger partial charge in [-0.05, 0) is 43.0 Å². The van der Waals surface area contributed by atoms with Crippen molar-refractivity contribution < 1.29 is 14.3 Å². The number of Topliss-reactive ketones (excluding diaryl/α,β-unsaturated/α-hetero) is 1. The first-order chi connectivity index (χ1) is 9.72. The Morgan fingerprint density at radius 3 is 2.55 bits per heavy atom. The van der Waals surface area contributed by atoms with Crippen LogP contribution < -0.4 is 15.2 Å². The Kier molecular flexibility index (Phi) is 3.66. The molecular formula is C16H21NO3. The van der Waals surface area contributed by atoms with Gasteiger partial charge < -0.3 is 15.2 Å². The molecule has 0 unspecified atom stereocenters. The number of fused-ring (bicyclic) bond motifs is 1. The molecule has 0 saturated heterocycles. The van der Waals surface area contributed by atoms with E-state index in [0.29, 0.717) is 37.5 Å². The van der Waals surface area contributed by atoms with Crippen LogP contribution in [0.4, 0.5) is 0 Å². The van der Waals surface area contributed by atoms with E-state index in [9.17, 15) is 4.79 Å². The molecule has 4 heteroatoms. The molecule has 1 aliphatic carbocycles. The van der Waals surface area contributed by atoms with Crippen LogP contribution in [0, 0.1) is 5.41 Å². The highest BCUT2D eigenvalue weighted by Crippen LogP contribution is 2.44. The second kappa shape index (κ2) is 5.44. The van der Waals surface area contributed by atoms with Gasteiger partial charge >= 0.3 is 0 Å². The molecule has 3 rings (SSSR count). The summed E-state index contributed by atoms with van der Waals surface area (Å²) >= 11 is 0. The summed E-state index contributed by atoms with van der Waals surface area (Å²) in [6, 6.07) is 5.48. The smallest absolute Gasteiger partial charge is 0.163 e. The highest BCUT2D eigenvalue weighted by Gasteiger charge is 2.37. The summed E-state index contributed by atoms with van der Waals surface area (Å²) in [5.41, 5.74) is 6.58. The molecule has 0 spiro atoms. The molecule has 0 aromatic heterocycles. The van der Waals surface area contributed by atoms with E-state index in [1.54, 1.807) is 0 Å². The van der Waals surface area contributed by atoms with E-state index in [2.05, 4.69) is 0 Å². The van der Waals surface area contributed by atoms with Crippen molar-refractivity contribution in [1.82, 2.24) is 0 Å². The Labute approximate surface area is 119 Å². The van der Waals surface area contributed by atoms with Gasteiger partial charge in [0.1, 0.15) is 0 Å². The van der Waals surface area contributed by atoms with Crippen molar-refractivity contribution in [3.05, 3.63) is 23.8 Å². The van der Waals surface area contributed by atoms with Gasteiger partial charge in [-0.1, -0.05) is 6.42 Å². The lowest BCUT2D eigenvalue weighted by Gasteiger charge is -2.40. The Morgan fingerprint density at radius 2 is 1.90 bits per heavy atom. The molecule has 2 aliphatic rings. The monoisotopic (exact) mass is 275 g/mol. The predicted octanol–water partition coefficient (Wildman–Crippen LogP) is 2.55. The number of carbonyl (C=O) groups excluding carboxylic acids is 1. The molecule has 1 aliphatic heterocycles. The van der Waals surface area contributed by atoms with Crippen LogP contribution in [0.3, 0.4) is 0 Å². The van der Waals surface area contributed by atoms with Crippen molar-refractivity contribution in [2.45, 2.75) is 32.1 Å². The van der Waals surface area contributed by atoms with Crippen molar-refractivity contribution in [3.8, 4) is 11.5 Å². The first-order valence-electron chi connectivity index (χ1n) is 7.35. The van der Waals surface area contributed by atoms with Crippen LogP contribution in [0.2, 0.25) is 0 Å². The standard InChI is InChI=1S/C16H21NO3/c17-11-16(5-1-6-16)10-13(18)12-3-4-14-15(9-12)20-8-2-7-19-14/h3-4,9H,1-2,5-8,10-11,17H2. The molecule has 0 atom stereocenters. The summed E-state index contributed by atoms with van der Waals surface area (Å²) in [7, 11) is 0. The van der Waals surface area contributed by atoms with Gasteiger partial charge in [-0.15, -0.1) is 0 Å². The number of hydrogen-bond donors (Lipinski definition) is 1. The number of carbonyl (C=O) groups is 1. The fourth-order valence-corrected chi connectivity index (χ4v) is 2.91. The van der Waals surface area contributed by atoms with Gasteiger partial charge in [0.15, 0.2) is 17.3 Å². The summed E-state index contributed by atoms with van der Waals surface area (Å²) in [6.07, 6.45) is 4.74. The zero-order chi connectivity index (χ0) is 14.0. The fourth-order valence-electron chi connectivity index (χ4n) is 2.91. The molecule has 2 N–H and O–H groups in total. The summed E-state index contributed by atoms with van der Waals surface area (Å²) in [6.45, 7) is 1.90.